The average molecular weight is 450 g/mol. The van der Waals surface area contributed by atoms with Crippen molar-refractivity contribution in [2.45, 2.75) is 19.8 Å². The summed E-state index contributed by atoms with van der Waals surface area (Å²) in [6.07, 6.45) is 7.81. The highest BCUT2D eigenvalue weighted by Crippen LogP contribution is 2.34. The zero-order valence-electron chi connectivity index (χ0n) is 18.2. The van der Waals surface area contributed by atoms with E-state index in [1.54, 1.807) is 24.3 Å². The topological polar surface area (TPSA) is 102 Å². The number of aryl methyl sites for hydroxylation is 1. The molecule has 2 N–H and O–H groups in total. The van der Waals surface area contributed by atoms with Gasteiger partial charge in [-0.3, -0.25) is 23.5 Å². The Balaban J connectivity index is 1.63. The molecular formula is C24H23FN4O4. The summed E-state index contributed by atoms with van der Waals surface area (Å²) >= 11 is 0. The third kappa shape index (κ3) is 4.48. The van der Waals surface area contributed by atoms with Crippen LogP contribution in [0.5, 0.6) is 0 Å². The normalized spacial score (nSPS) is 20.0. The minimum atomic E-state index is -0.509. The van der Waals surface area contributed by atoms with E-state index in [0.29, 0.717) is 23.4 Å². The molecule has 33 heavy (non-hydrogen) atoms. The Kier molecular flexibility index (Phi) is 5.95. The van der Waals surface area contributed by atoms with Gasteiger partial charge in [0.2, 0.25) is 5.91 Å². The summed E-state index contributed by atoms with van der Waals surface area (Å²) in [6, 6.07) is 6.41. The molecule has 0 saturated carbocycles. The molecule has 2 amide bonds. The molecule has 1 aromatic heterocycles. The molecule has 1 aromatic carbocycles. The monoisotopic (exact) mass is 450 g/mol. The number of allylic oxidation sites excluding steroid dienone is 4. The Morgan fingerprint density at radius 3 is 2.73 bits per heavy atom. The van der Waals surface area contributed by atoms with Gasteiger partial charge in [0.1, 0.15) is 5.83 Å². The fraction of sp³-hybridized carbons (Fsp3) is 0.250. The molecule has 170 valence electrons. The van der Waals surface area contributed by atoms with Crippen LogP contribution in [0.3, 0.4) is 0 Å². The molecule has 1 aliphatic carbocycles. The number of hydrogen-bond donors (Lipinski definition) is 2. The molecule has 2 atom stereocenters. The van der Waals surface area contributed by atoms with Crippen molar-refractivity contribution in [3.05, 3.63) is 92.7 Å². The van der Waals surface area contributed by atoms with Gasteiger partial charge in [-0.25, -0.2) is 9.18 Å². The second-order valence-corrected chi connectivity index (χ2v) is 8.14. The van der Waals surface area contributed by atoms with Gasteiger partial charge in [0.05, 0.1) is 5.69 Å². The molecule has 9 heteroatoms. The van der Waals surface area contributed by atoms with Crippen LogP contribution in [0.2, 0.25) is 0 Å². The van der Waals surface area contributed by atoms with Gasteiger partial charge in [0.15, 0.2) is 0 Å². The van der Waals surface area contributed by atoms with Crippen LogP contribution in [-0.4, -0.2) is 20.9 Å². The van der Waals surface area contributed by atoms with Crippen molar-refractivity contribution in [1.82, 2.24) is 14.5 Å². The zero-order valence-corrected chi connectivity index (χ0v) is 18.2. The van der Waals surface area contributed by atoms with Crippen molar-refractivity contribution in [3.8, 4) is 5.69 Å². The smallest absolute Gasteiger partial charge is 0.332 e. The van der Waals surface area contributed by atoms with Gasteiger partial charge in [-0.05, 0) is 49.1 Å². The van der Waals surface area contributed by atoms with E-state index >= 15 is 0 Å². The molecule has 4 rings (SSSR count). The summed E-state index contributed by atoms with van der Waals surface area (Å²) in [5.41, 5.74) is 1.20. The Labute approximate surface area is 188 Å². The summed E-state index contributed by atoms with van der Waals surface area (Å²) in [5, 5.41) is 5.47. The van der Waals surface area contributed by atoms with Crippen molar-refractivity contribution in [3.63, 3.8) is 0 Å². The second-order valence-electron chi connectivity index (χ2n) is 8.14. The number of carbonyl (C=O) groups is 2. The molecule has 2 aliphatic rings. The van der Waals surface area contributed by atoms with Crippen LogP contribution in [-0.2, 0) is 16.6 Å². The molecule has 0 fully saturated rings. The van der Waals surface area contributed by atoms with Gasteiger partial charge in [0.25, 0.3) is 11.5 Å². The highest BCUT2D eigenvalue weighted by molar-refractivity contribution is 6.06. The number of aromatic nitrogens is 2. The number of benzene rings is 1. The Morgan fingerprint density at radius 1 is 1.21 bits per heavy atom. The van der Waals surface area contributed by atoms with E-state index in [1.807, 2.05) is 6.92 Å². The number of carbonyl (C=O) groups excluding carboxylic acids is 2. The first-order chi connectivity index (χ1) is 15.7. The molecule has 0 bridgehead atoms. The number of hydrogen-bond acceptors (Lipinski definition) is 4. The maximum absolute atomic E-state index is 13.4. The zero-order chi connectivity index (χ0) is 23.7. The predicted octanol–water partition coefficient (Wildman–Crippen LogP) is 2.23. The van der Waals surface area contributed by atoms with Gasteiger partial charge in [-0.2, -0.15) is 0 Å². The number of anilines is 1. The van der Waals surface area contributed by atoms with E-state index in [0.717, 1.165) is 10.1 Å². The quantitative estimate of drug-likeness (QED) is 0.746. The first-order valence-corrected chi connectivity index (χ1v) is 10.5. The first kappa shape index (κ1) is 22.2. The Morgan fingerprint density at radius 2 is 2.00 bits per heavy atom. The van der Waals surface area contributed by atoms with Crippen LogP contribution in [0, 0.1) is 18.8 Å². The highest BCUT2D eigenvalue weighted by atomic mass is 19.1. The standard InChI is InChI=1S/C24H23FN4O4/c1-14-3-8-17(29-10-9-22(31)28(2)24(29)33)11-20(14)27-23(32)19-13-26-21(30)12-18(19)15-4-6-16(25)7-5-15/h3-4,6-11,13,15,18H,5,12H2,1-2H3,(H,26,30)(H,27,32). The highest BCUT2D eigenvalue weighted by Gasteiger charge is 2.33. The number of amides is 2. The second kappa shape index (κ2) is 8.85. The van der Waals surface area contributed by atoms with Gasteiger partial charge in [-0.15, -0.1) is 0 Å². The van der Waals surface area contributed by atoms with Crippen LogP contribution in [0.1, 0.15) is 18.4 Å². The molecular weight excluding hydrogens is 427 g/mol. The molecule has 0 spiro atoms. The Bertz CT molecular complexity index is 1350. The van der Waals surface area contributed by atoms with Crippen LogP contribution in [0.15, 0.2) is 75.9 Å². The number of rotatable bonds is 4. The van der Waals surface area contributed by atoms with Gasteiger partial charge in [0, 0.05) is 49.1 Å². The van der Waals surface area contributed by atoms with E-state index in [1.165, 1.54) is 42.2 Å². The minimum absolute atomic E-state index is 0.121. The molecule has 1 aliphatic heterocycles. The summed E-state index contributed by atoms with van der Waals surface area (Å²) in [5.74, 6) is -1.50. The van der Waals surface area contributed by atoms with Gasteiger partial charge < -0.3 is 10.6 Å². The van der Waals surface area contributed by atoms with Gasteiger partial charge in [-0.1, -0.05) is 12.1 Å². The number of nitrogens with one attached hydrogen (secondary N) is 2. The fourth-order valence-corrected chi connectivity index (χ4v) is 4.01. The van der Waals surface area contributed by atoms with E-state index in [4.69, 9.17) is 0 Å². The van der Waals surface area contributed by atoms with Crippen LogP contribution in [0.25, 0.3) is 5.69 Å². The van der Waals surface area contributed by atoms with E-state index in [2.05, 4.69) is 10.6 Å². The van der Waals surface area contributed by atoms with Gasteiger partial charge >= 0.3 is 5.69 Å². The third-order valence-electron chi connectivity index (χ3n) is 6.00. The van der Waals surface area contributed by atoms with Crippen molar-refractivity contribution < 1.29 is 14.0 Å². The van der Waals surface area contributed by atoms with E-state index in [-0.39, 0.29) is 24.1 Å². The summed E-state index contributed by atoms with van der Waals surface area (Å²) in [7, 11) is 1.39. The fourth-order valence-electron chi connectivity index (χ4n) is 4.01. The third-order valence-corrected chi connectivity index (χ3v) is 6.00. The van der Waals surface area contributed by atoms with Crippen molar-refractivity contribution in [2.75, 3.05) is 5.32 Å². The summed E-state index contributed by atoms with van der Waals surface area (Å²) in [4.78, 5) is 49.4. The van der Waals surface area contributed by atoms with Crippen LogP contribution in [0.4, 0.5) is 10.1 Å². The van der Waals surface area contributed by atoms with Crippen molar-refractivity contribution >= 4 is 17.5 Å². The number of halogens is 1. The molecule has 2 unspecified atom stereocenters. The molecule has 0 radical (unpaired) electrons. The van der Waals surface area contributed by atoms with Crippen LogP contribution >= 0.6 is 0 Å². The maximum atomic E-state index is 13.4. The summed E-state index contributed by atoms with van der Waals surface area (Å²) in [6.45, 7) is 1.81. The SMILES string of the molecule is Cc1ccc(-n2ccc(=O)n(C)c2=O)cc1NC(=O)C1=CNC(=O)CC1C1C=CC(F)=CC1. The average Bonchev–Trinajstić information content (AvgIpc) is 2.79. The lowest BCUT2D eigenvalue weighted by Crippen LogP contribution is -2.36. The largest absolute Gasteiger partial charge is 0.335 e. The maximum Gasteiger partial charge on any atom is 0.335 e. The Hall–Kier alpha value is -4.01. The number of nitrogens with zero attached hydrogens (tertiary/aromatic N) is 2. The lowest BCUT2D eigenvalue weighted by atomic mass is 9.78. The van der Waals surface area contributed by atoms with E-state index < -0.39 is 23.1 Å². The molecule has 8 nitrogen and oxygen atoms in total. The lowest BCUT2D eigenvalue weighted by Gasteiger charge is -2.29. The molecule has 2 heterocycles. The summed E-state index contributed by atoms with van der Waals surface area (Å²) < 4.78 is 15.7. The molecule has 2 aromatic rings. The predicted molar refractivity (Wildman–Crippen MR) is 121 cm³/mol. The molecule has 0 saturated heterocycles. The lowest BCUT2D eigenvalue weighted by molar-refractivity contribution is -0.122. The van der Waals surface area contributed by atoms with Crippen molar-refractivity contribution in [1.29, 1.82) is 0 Å². The first-order valence-electron chi connectivity index (χ1n) is 10.5. The minimum Gasteiger partial charge on any atom is -0.332 e. The van der Waals surface area contributed by atoms with Crippen LogP contribution < -0.4 is 21.9 Å². The van der Waals surface area contributed by atoms with E-state index in [9.17, 15) is 23.6 Å². The van der Waals surface area contributed by atoms with Crippen molar-refractivity contribution in [2.24, 2.45) is 18.9 Å².